The van der Waals surface area contributed by atoms with E-state index in [2.05, 4.69) is 4.40 Å². The molecular formula is C22H23ClN2O4S. The van der Waals surface area contributed by atoms with E-state index in [4.69, 9.17) is 15.4 Å². The van der Waals surface area contributed by atoms with Crippen LogP contribution in [0.2, 0.25) is 0 Å². The van der Waals surface area contributed by atoms with Crippen LogP contribution in [0.3, 0.4) is 0 Å². The highest BCUT2D eigenvalue weighted by molar-refractivity contribution is 8.12. The first kappa shape index (κ1) is 20.9. The topological polar surface area (TPSA) is 76.0 Å². The highest BCUT2D eigenvalue weighted by Crippen LogP contribution is 2.39. The zero-order chi connectivity index (χ0) is 21.1. The van der Waals surface area contributed by atoms with Gasteiger partial charge in [-0.15, -0.1) is 0 Å². The molecule has 2 atom stereocenters. The van der Waals surface area contributed by atoms with E-state index < -0.39 is 21.4 Å². The van der Waals surface area contributed by atoms with Gasteiger partial charge in [-0.3, -0.25) is 4.79 Å². The molecule has 1 aliphatic carbocycles. The van der Waals surface area contributed by atoms with Gasteiger partial charge in [0, 0.05) is 22.3 Å². The number of hydrogen-bond acceptors (Lipinski definition) is 4. The Bertz CT molecular complexity index is 1020. The van der Waals surface area contributed by atoms with Crippen LogP contribution in [0.15, 0.2) is 65.1 Å². The lowest BCUT2D eigenvalue weighted by atomic mass is 9.89. The van der Waals surface area contributed by atoms with Crippen LogP contribution in [-0.4, -0.2) is 37.2 Å². The highest BCUT2D eigenvalue weighted by Gasteiger charge is 2.49. The summed E-state index contributed by atoms with van der Waals surface area (Å²) in [5, 5.41) is 0. The monoisotopic (exact) mass is 446 g/mol. The number of Topliss-reactive ketones (excluding diaryl/α,β-unsaturated/α-hetero) is 1. The maximum atomic E-state index is 13.6. The first-order valence-corrected chi connectivity index (χ1v) is 12.3. The minimum atomic E-state index is -4.22. The Kier molecular flexibility index (Phi) is 6.11. The van der Waals surface area contributed by atoms with Crippen molar-refractivity contribution in [3.05, 3.63) is 71.8 Å². The number of nitrogens with zero attached hydrogens (tertiary/aromatic N) is 2. The maximum Gasteiger partial charge on any atom is 0.344 e. The van der Waals surface area contributed by atoms with Crippen molar-refractivity contribution in [2.45, 2.75) is 50.3 Å². The van der Waals surface area contributed by atoms with Crippen molar-refractivity contribution in [1.29, 1.82) is 0 Å². The van der Waals surface area contributed by atoms with Crippen LogP contribution in [0.25, 0.3) is 0 Å². The van der Waals surface area contributed by atoms with Crippen LogP contribution in [0, 0.1) is 0 Å². The van der Waals surface area contributed by atoms with Crippen molar-refractivity contribution in [2.75, 3.05) is 0 Å². The summed E-state index contributed by atoms with van der Waals surface area (Å²) >= 11 is 0. The minimum Gasteiger partial charge on any atom is -0.453 e. The van der Waals surface area contributed by atoms with Crippen molar-refractivity contribution in [2.24, 2.45) is 4.40 Å². The Morgan fingerprint density at radius 2 is 1.57 bits per heavy atom. The SMILES string of the molecule is O=C(c1ccccc1)C1C(c2ccccc2)O/C(=N\S(=O)(=O)Cl)N1C1CCCCC1. The van der Waals surface area contributed by atoms with Gasteiger partial charge in [0.1, 0.15) is 6.04 Å². The number of benzene rings is 2. The molecule has 1 heterocycles. The summed E-state index contributed by atoms with van der Waals surface area (Å²) in [6.07, 6.45) is 4.12. The average Bonchev–Trinajstić information content (AvgIpc) is 3.12. The molecule has 2 unspecified atom stereocenters. The van der Waals surface area contributed by atoms with Gasteiger partial charge in [0.25, 0.3) is 0 Å². The fourth-order valence-electron chi connectivity index (χ4n) is 4.34. The number of ether oxygens (including phenoxy) is 1. The molecule has 1 saturated heterocycles. The zero-order valence-electron chi connectivity index (χ0n) is 16.4. The van der Waals surface area contributed by atoms with Crippen molar-refractivity contribution < 1.29 is 17.9 Å². The standard InChI is InChI=1S/C22H23ClN2O4S/c23-30(27,28)24-22-25(18-14-8-3-9-15-18)19(20(26)16-10-4-1-5-11-16)21(29-22)17-12-6-2-7-13-17/h1-2,4-7,10-13,18-19,21H,3,8-9,14-15H2/b24-22-. The Morgan fingerprint density at radius 3 is 2.17 bits per heavy atom. The van der Waals surface area contributed by atoms with Gasteiger partial charge in [-0.05, 0) is 18.4 Å². The zero-order valence-corrected chi connectivity index (χ0v) is 17.9. The van der Waals surface area contributed by atoms with Gasteiger partial charge in [0.15, 0.2) is 11.9 Å². The molecule has 1 aliphatic heterocycles. The second-order valence-electron chi connectivity index (χ2n) is 7.61. The third-order valence-electron chi connectivity index (χ3n) is 5.65. The van der Waals surface area contributed by atoms with Crippen molar-refractivity contribution in [3.8, 4) is 0 Å². The van der Waals surface area contributed by atoms with E-state index in [0.29, 0.717) is 5.56 Å². The quantitative estimate of drug-likeness (QED) is 0.499. The third kappa shape index (κ3) is 4.52. The minimum absolute atomic E-state index is 0.0395. The van der Waals surface area contributed by atoms with Crippen LogP contribution >= 0.6 is 10.7 Å². The van der Waals surface area contributed by atoms with Gasteiger partial charge < -0.3 is 9.64 Å². The van der Waals surface area contributed by atoms with Gasteiger partial charge in [-0.1, -0.05) is 84.3 Å². The molecule has 158 valence electrons. The van der Waals surface area contributed by atoms with E-state index in [0.717, 1.165) is 37.7 Å². The summed E-state index contributed by atoms with van der Waals surface area (Å²) < 4.78 is 33.3. The summed E-state index contributed by atoms with van der Waals surface area (Å²) in [6, 6.07) is 17.5. The summed E-state index contributed by atoms with van der Waals surface area (Å²) in [6.45, 7) is 0. The molecule has 0 spiro atoms. The molecular weight excluding hydrogens is 424 g/mol. The highest BCUT2D eigenvalue weighted by atomic mass is 35.7. The molecule has 0 amide bonds. The molecule has 8 heteroatoms. The Balaban J connectivity index is 1.83. The van der Waals surface area contributed by atoms with E-state index in [1.807, 2.05) is 48.5 Å². The summed E-state index contributed by atoms with van der Waals surface area (Å²) in [4.78, 5) is 15.4. The Morgan fingerprint density at radius 1 is 0.967 bits per heavy atom. The molecule has 4 rings (SSSR count). The smallest absolute Gasteiger partial charge is 0.344 e. The molecule has 2 aromatic rings. The van der Waals surface area contributed by atoms with E-state index in [1.54, 1.807) is 17.0 Å². The van der Waals surface area contributed by atoms with Gasteiger partial charge >= 0.3 is 15.3 Å². The number of rotatable bonds is 5. The second-order valence-corrected chi connectivity index (χ2v) is 9.79. The summed E-state index contributed by atoms with van der Waals surface area (Å²) in [5.41, 5.74) is 1.33. The number of carbonyl (C=O) groups is 1. The lowest BCUT2D eigenvalue weighted by molar-refractivity contribution is 0.0785. The number of ketones is 1. The average molecular weight is 447 g/mol. The molecule has 30 heavy (non-hydrogen) atoms. The lowest BCUT2D eigenvalue weighted by Crippen LogP contribution is -2.48. The van der Waals surface area contributed by atoms with Crippen molar-refractivity contribution in [3.63, 3.8) is 0 Å². The molecule has 0 aromatic heterocycles. The number of halogens is 1. The largest absolute Gasteiger partial charge is 0.453 e. The van der Waals surface area contributed by atoms with Crippen LogP contribution < -0.4 is 0 Å². The molecule has 0 N–H and O–H groups in total. The number of carbonyl (C=O) groups excluding carboxylic acids is 1. The maximum absolute atomic E-state index is 13.6. The number of hydrogen-bond donors (Lipinski definition) is 0. The normalized spacial score (nSPS) is 24.0. The molecule has 6 nitrogen and oxygen atoms in total. The van der Waals surface area contributed by atoms with E-state index in [9.17, 15) is 13.2 Å². The predicted octanol–water partition coefficient (Wildman–Crippen LogP) is 4.48. The summed E-state index contributed by atoms with van der Waals surface area (Å²) in [5.74, 6) is -0.132. The Labute approximate surface area is 181 Å². The van der Waals surface area contributed by atoms with E-state index in [-0.39, 0.29) is 17.8 Å². The fraction of sp³-hybridized carbons (Fsp3) is 0.364. The Hall–Kier alpha value is -2.38. The molecule has 0 radical (unpaired) electrons. The number of amidine groups is 1. The molecule has 0 bridgehead atoms. The molecule has 2 fully saturated rings. The summed E-state index contributed by atoms with van der Waals surface area (Å²) in [7, 11) is 1.23. The molecule has 2 aromatic carbocycles. The fourth-order valence-corrected chi connectivity index (χ4v) is 4.84. The predicted molar refractivity (Wildman–Crippen MR) is 116 cm³/mol. The first-order chi connectivity index (χ1) is 14.4. The second kappa shape index (κ2) is 8.78. The van der Waals surface area contributed by atoms with Crippen LogP contribution in [-0.2, 0) is 14.0 Å². The van der Waals surface area contributed by atoms with Gasteiger partial charge in [0.2, 0.25) is 0 Å². The molecule has 2 aliphatic rings. The van der Waals surface area contributed by atoms with Crippen LogP contribution in [0.5, 0.6) is 0 Å². The third-order valence-corrected chi connectivity index (χ3v) is 6.23. The van der Waals surface area contributed by atoms with E-state index >= 15 is 0 Å². The van der Waals surface area contributed by atoms with Crippen molar-refractivity contribution in [1.82, 2.24) is 4.90 Å². The first-order valence-electron chi connectivity index (χ1n) is 10.1. The van der Waals surface area contributed by atoms with Crippen LogP contribution in [0.4, 0.5) is 0 Å². The van der Waals surface area contributed by atoms with Crippen molar-refractivity contribution >= 4 is 31.7 Å². The van der Waals surface area contributed by atoms with Crippen LogP contribution in [0.1, 0.15) is 54.1 Å². The van der Waals surface area contributed by atoms with Gasteiger partial charge in [-0.2, -0.15) is 8.42 Å². The van der Waals surface area contributed by atoms with Gasteiger partial charge in [-0.25, -0.2) is 0 Å². The van der Waals surface area contributed by atoms with E-state index in [1.165, 1.54) is 0 Å². The lowest BCUT2D eigenvalue weighted by Gasteiger charge is -2.34. The molecule has 1 saturated carbocycles. The van der Waals surface area contributed by atoms with Gasteiger partial charge in [0.05, 0.1) is 0 Å².